The summed E-state index contributed by atoms with van der Waals surface area (Å²) < 4.78 is 11.5. The number of carbonyl (C=O) groups excluding carboxylic acids is 1. The number of hydrogen-bond donors (Lipinski definition) is 1. The van der Waals surface area contributed by atoms with Crippen molar-refractivity contribution in [1.29, 1.82) is 0 Å². The number of nitrogens with zero attached hydrogens (tertiary/aromatic N) is 3. The fourth-order valence-electron chi connectivity index (χ4n) is 4.48. The fraction of sp³-hybridized carbons (Fsp3) is 0.727. The Hall–Kier alpha value is -2.02. The Morgan fingerprint density at radius 3 is 2.66 bits per heavy atom. The maximum absolute atomic E-state index is 13.0. The molecule has 7 heteroatoms. The zero-order chi connectivity index (χ0) is 20.6. The van der Waals surface area contributed by atoms with Gasteiger partial charge in [0, 0.05) is 43.7 Å². The summed E-state index contributed by atoms with van der Waals surface area (Å²) in [4.78, 5) is 21.7. The molecule has 0 aliphatic carbocycles. The van der Waals surface area contributed by atoms with E-state index in [-0.39, 0.29) is 23.6 Å². The van der Waals surface area contributed by atoms with Gasteiger partial charge >= 0.3 is 6.03 Å². The molecule has 1 N–H and O–H groups in total. The highest BCUT2D eigenvalue weighted by atomic mass is 16.5. The van der Waals surface area contributed by atoms with Gasteiger partial charge in [-0.2, -0.15) is 0 Å². The van der Waals surface area contributed by atoms with E-state index in [2.05, 4.69) is 37.7 Å². The summed E-state index contributed by atoms with van der Waals surface area (Å²) >= 11 is 0. The predicted octanol–water partition coefficient (Wildman–Crippen LogP) is 2.92. The Morgan fingerprint density at radius 1 is 1.24 bits per heavy atom. The van der Waals surface area contributed by atoms with Crippen LogP contribution in [0.25, 0.3) is 0 Å². The first-order valence-corrected chi connectivity index (χ1v) is 10.8. The van der Waals surface area contributed by atoms with Crippen LogP contribution in [0.2, 0.25) is 0 Å². The number of amides is 2. The second kappa shape index (κ2) is 8.01. The highest BCUT2D eigenvalue weighted by molar-refractivity contribution is 5.74. The average Bonchev–Trinajstić information content (AvgIpc) is 3.16. The van der Waals surface area contributed by atoms with Crippen molar-refractivity contribution < 1.29 is 13.9 Å². The summed E-state index contributed by atoms with van der Waals surface area (Å²) in [6.07, 6.45) is 5.71. The van der Waals surface area contributed by atoms with Gasteiger partial charge in [0.05, 0.1) is 24.4 Å². The second-order valence-corrected chi connectivity index (χ2v) is 9.73. The molecule has 2 unspecified atom stereocenters. The van der Waals surface area contributed by atoms with Crippen molar-refractivity contribution in [3.05, 3.63) is 30.1 Å². The molecule has 2 atom stereocenters. The summed E-state index contributed by atoms with van der Waals surface area (Å²) in [6, 6.07) is 0.319. The molecule has 1 aromatic rings. The maximum atomic E-state index is 13.0. The first-order chi connectivity index (χ1) is 13.8. The van der Waals surface area contributed by atoms with E-state index in [0.29, 0.717) is 19.1 Å². The highest BCUT2D eigenvalue weighted by Crippen LogP contribution is 2.26. The van der Waals surface area contributed by atoms with Crippen LogP contribution in [-0.2, 0) is 16.6 Å². The van der Waals surface area contributed by atoms with Crippen LogP contribution in [0.1, 0.15) is 51.6 Å². The molecule has 0 saturated carbocycles. The molecule has 1 aromatic heterocycles. The van der Waals surface area contributed by atoms with Gasteiger partial charge in [-0.3, -0.25) is 0 Å². The minimum atomic E-state index is 0.00950. The molecule has 3 aliphatic heterocycles. The Labute approximate surface area is 173 Å². The van der Waals surface area contributed by atoms with E-state index in [1.54, 1.807) is 6.26 Å². The number of urea groups is 1. The Morgan fingerprint density at radius 2 is 1.97 bits per heavy atom. The molecule has 0 aromatic carbocycles. The number of carbonyl (C=O) groups is 1. The third-order valence-electron chi connectivity index (χ3n) is 6.35. The highest BCUT2D eigenvalue weighted by Gasteiger charge is 2.37. The number of rotatable bonds is 2. The van der Waals surface area contributed by atoms with Crippen LogP contribution in [0, 0.1) is 5.92 Å². The summed E-state index contributed by atoms with van der Waals surface area (Å²) in [5, 5.41) is 3.40. The first kappa shape index (κ1) is 20.3. The summed E-state index contributed by atoms with van der Waals surface area (Å²) in [5.41, 5.74) is 1.92. The summed E-state index contributed by atoms with van der Waals surface area (Å²) in [7, 11) is 0. The Bertz CT molecular complexity index is 745. The molecule has 4 heterocycles. The van der Waals surface area contributed by atoms with E-state index < -0.39 is 0 Å². The van der Waals surface area contributed by atoms with E-state index in [1.165, 1.54) is 0 Å². The number of oxazole rings is 1. The van der Waals surface area contributed by atoms with E-state index in [4.69, 9.17) is 9.15 Å². The predicted molar refractivity (Wildman–Crippen MR) is 111 cm³/mol. The lowest BCUT2D eigenvalue weighted by Gasteiger charge is -2.44. The van der Waals surface area contributed by atoms with Gasteiger partial charge in [0.15, 0.2) is 5.89 Å². The Kier molecular flexibility index (Phi) is 5.60. The van der Waals surface area contributed by atoms with E-state index >= 15 is 0 Å². The molecule has 3 saturated heterocycles. The molecule has 0 bridgehead atoms. The van der Waals surface area contributed by atoms with Crippen LogP contribution in [0.15, 0.2) is 23.0 Å². The van der Waals surface area contributed by atoms with Crippen molar-refractivity contribution >= 4 is 6.03 Å². The lowest BCUT2D eigenvalue weighted by Crippen LogP contribution is -2.60. The topological polar surface area (TPSA) is 70.8 Å². The standard InChI is InChI=1S/C22H34N4O3/c1-15-13-28-18-7-10-26(12-17(18)23-15)21(27)25-8-5-16(6-9-25)11-20-24-19(14-29-20)22(2,3)4/h14,16-18,23H,1,5-13H2,2-4H3. The molecular weight excluding hydrogens is 368 g/mol. The largest absolute Gasteiger partial charge is 0.449 e. The summed E-state index contributed by atoms with van der Waals surface area (Å²) in [5.74, 6) is 1.35. The number of ether oxygens (including phenoxy) is 1. The van der Waals surface area contributed by atoms with Crippen LogP contribution >= 0.6 is 0 Å². The van der Waals surface area contributed by atoms with Crippen molar-refractivity contribution in [1.82, 2.24) is 20.1 Å². The maximum Gasteiger partial charge on any atom is 0.320 e. The minimum Gasteiger partial charge on any atom is -0.449 e. The van der Waals surface area contributed by atoms with Crippen molar-refractivity contribution in [2.75, 3.05) is 32.8 Å². The van der Waals surface area contributed by atoms with Gasteiger partial charge in [0.25, 0.3) is 0 Å². The first-order valence-electron chi connectivity index (χ1n) is 10.8. The number of hydrogen-bond acceptors (Lipinski definition) is 5. The van der Waals surface area contributed by atoms with Crippen molar-refractivity contribution in [2.45, 2.75) is 64.0 Å². The zero-order valence-electron chi connectivity index (χ0n) is 17.9. The van der Waals surface area contributed by atoms with E-state index in [0.717, 1.165) is 62.6 Å². The molecule has 29 heavy (non-hydrogen) atoms. The molecular formula is C22H34N4O3. The molecule has 4 rings (SSSR count). The van der Waals surface area contributed by atoms with E-state index in [1.807, 2.05) is 9.80 Å². The molecule has 0 radical (unpaired) electrons. The van der Waals surface area contributed by atoms with Gasteiger partial charge in [-0.1, -0.05) is 27.4 Å². The van der Waals surface area contributed by atoms with Crippen LogP contribution in [-0.4, -0.2) is 65.7 Å². The van der Waals surface area contributed by atoms with Crippen LogP contribution in [0.5, 0.6) is 0 Å². The van der Waals surface area contributed by atoms with Gasteiger partial charge in [0.1, 0.15) is 6.26 Å². The lowest BCUT2D eigenvalue weighted by molar-refractivity contribution is -0.0230. The minimum absolute atomic E-state index is 0.00950. The monoisotopic (exact) mass is 402 g/mol. The quantitative estimate of drug-likeness (QED) is 0.824. The lowest BCUT2D eigenvalue weighted by atomic mass is 9.92. The van der Waals surface area contributed by atoms with Crippen molar-refractivity contribution in [2.24, 2.45) is 5.92 Å². The number of fused-ring (bicyclic) bond motifs is 1. The average molecular weight is 403 g/mol. The SMILES string of the molecule is C=C1COC2CCN(C(=O)N3CCC(Cc4nc(C(C)(C)C)co4)CC3)CC2N1. The number of likely N-dealkylation sites (tertiary alicyclic amines) is 2. The van der Waals surface area contributed by atoms with Gasteiger partial charge in [-0.25, -0.2) is 9.78 Å². The third kappa shape index (κ3) is 4.60. The molecule has 3 aliphatic rings. The molecule has 3 fully saturated rings. The zero-order valence-corrected chi connectivity index (χ0v) is 17.9. The van der Waals surface area contributed by atoms with Crippen LogP contribution in [0.4, 0.5) is 4.79 Å². The number of aromatic nitrogens is 1. The number of nitrogens with one attached hydrogen (secondary N) is 1. The molecule has 7 nitrogen and oxygen atoms in total. The normalized spacial score (nSPS) is 26.2. The van der Waals surface area contributed by atoms with Crippen LogP contribution < -0.4 is 5.32 Å². The van der Waals surface area contributed by atoms with Gasteiger partial charge in [-0.15, -0.1) is 0 Å². The third-order valence-corrected chi connectivity index (χ3v) is 6.35. The number of piperidine rings is 2. The summed E-state index contributed by atoms with van der Waals surface area (Å²) in [6.45, 7) is 14.0. The number of morpholine rings is 1. The van der Waals surface area contributed by atoms with Gasteiger partial charge in [0.2, 0.25) is 0 Å². The van der Waals surface area contributed by atoms with Crippen molar-refractivity contribution in [3.63, 3.8) is 0 Å². The van der Waals surface area contributed by atoms with E-state index in [9.17, 15) is 4.79 Å². The molecule has 0 spiro atoms. The smallest absolute Gasteiger partial charge is 0.320 e. The fourth-order valence-corrected chi connectivity index (χ4v) is 4.48. The molecule has 160 valence electrons. The van der Waals surface area contributed by atoms with Gasteiger partial charge < -0.3 is 24.3 Å². The Balaban J connectivity index is 1.26. The second-order valence-electron chi connectivity index (χ2n) is 9.73. The van der Waals surface area contributed by atoms with Crippen LogP contribution in [0.3, 0.4) is 0 Å². The van der Waals surface area contributed by atoms with Gasteiger partial charge in [-0.05, 0) is 25.2 Å². The van der Waals surface area contributed by atoms with Crippen molar-refractivity contribution in [3.8, 4) is 0 Å². The molecule has 2 amide bonds.